The van der Waals surface area contributed by atoms with E-state index in [1.54, 1.807) is 30.3 Å². The van der Waals surface area contributed by atoms with Gasteiger partial charge in [-0.3, -0.25) is 4.84 Å². The molecule has 1 aromatic carbocycles. The minimum atomic E-state index is -4.44. The van der Waals surface area contributed by atoms with Crippen LogP contribution >= 0.6 is 0 Å². The van der Waals surface area contributed by atoms with Gasteiger partial charge in [-0.25, -0.2) is 4.98 Å². The van der Waals surface area contributed by atoms with E-state index in [2.05, 4.69) is 15.0 Å². The number of para-hydroxylation sites is 1. The topological polar surface area (TPSA) is 51.1 Å². The van der Waals surface area contributed by atoms with E-state index in [9.17, 15) is 13.2 Å². The molecule has 1 aromatic heterocycles. The van der Waals surface area contributed by atoms with Crippen LogP contribution in [0.2, 0.25) is 0 Å². The van der Waals surface area contributed by atoms with Crippen molar-refractivity contribution in [3.8, 4) is 0 Å². The normalized spacial score (nSPS) is 11.3. The Kier molecular flexibility index (Phi) is 3.91. The zero-order valence-corrected chi connectivity index (χ0v) is 9.58. The number of alkyl halides is 3. The van der Waals surface area contributed by atoms with Crippen molar-refractivity contribution in [2.24, 2.45) is 0 Å². The van der Waals surface area contributed by atoms with Crippen molar-refractivity contribution in [2.75, 3.05) is 11.7 Å². The van der Waals surface area contributed by atoms with Gasteiger partial charge in [0, 0.05) is 0 Å². The summed E-state index contributed by atoms with van der Waals surface area (Å²) in [6.45, 7) is -1.44. The average molecular weight is 270 g/mol. The molecule has 0 spiro atoms. The van der Waals surface area contributed by atoms with Crippen molar-refractivity contribution in [3.05, 3.63) is 43.0 Å². The number of benzene rings is 1. The molecular weight excluding hydrogens is 261 g/mol. The Balaban J connectivity index is 2.24. The summed E-state index contributed by atoms with van der Waals surface area (Å²) in [5.41, 5.74) is 0.387. The third-order valence-electron chi connectivity index (χ3n) is 2.01. The van der Waals surface area contributed by atoms with E-state index in [1.807, 2.05) is 0 Å². The number of aromatic nitrogens is 3. The van der Waals surface area contributed by atoms with Crippen molar-refractivity contribution in [1.82, 2.24) is 15.0 Å². The summed E-state index contributed by atoms with van der Waals surface area (Å²) in [6.07, 6.45) is -2.09. The number of anilines is 2. The van der Waals surface area contributed by atoms with Crippen LogP contribution in [0.4, 0.5) is 24.8 Å². The summed E-state index contributed by atoms with van der Waals surface area (Å²) < 4.78 is 36.7. The summed E-state index contributed by atoms with van der Waals surface area (Å²) in [4.78, 5) is 15.9. The van der Waals surface area contributed by atoms with Crippen molar-refractivity contribution in [1.29, 1.82) is 0 Å². The summed E-state index contributed by atoms with van der Waals surface area (Å²) >= 11 is 0. The molecule has 1 heterocycles. The van der Waals surface area contributed by atoms with Crippen molar-refractivity contribution < 1.29 is 18.0 Å². The lowest BCUT2D eigenvalue weighted by Gasteiger charge is -2.21. The van der Waals surface area contributed by atoms with Crippen LogP contribution < -0.4 is 5.06 Å². The second-order valence-corrected chi connectivity index (χ2v) is 3.46. The van der Waals surface area contributed by atoms with Crippen molar-refractivity contribution >= 4 is 11.6 Å². The maximum Gasteiger partial charge on any atom is 0.414 e. The lowest BCUT2D eigenvalue weighted by molar-refractivity contribution is -0.174. The van der Waals surface area contributed by atoms with Crippen molar-refractivity contribution in [2.45, 2.75) is 6.18 Å². The molecule has 0 bridgehead atoms. The van der Waals surface area contributed by atoms with Gasteiger partial charge in [-0.1, -0.05) is 18.2 Å². The Labute approximate surface area is 106 Å². The van der Waals surface area contributed by atoms with Crippen LogP contribution in [-0.2, 0) is 4.84 Å². The largest absolute Gasteiger partial charge is 0.414 e. The molecule has 2 aromatic rings. The minimum absolute atomic E-state index is 0.0227. The molecule has 0 aliphatic heterocycles. The summed E-state index contributed by atoms with van der Waals surface area (Å²) in [5, 5.41) is 0.912. The molecule has 100 valence electrons. The summed E-state index contributed by atoms with van der Waals surface area (Å²) in [5.74, 6) is -0.0227. The molecule has 0 amide bonds. The van der Waals surface area contributed by atoms with Gasteiger partial charge in [0.2, 0.25) is 0 Å². The highest BCUT2D eigenvalue weighted by molar-refractivity contribution is 5.53. The number of nitrogens with zero attached hydrogens (tertiary/aromatic N) is 4. The molecule has 2 rings (SSSR count). The Morgan fingerprint density at radius 1 is 1.05 bits per heavy atom. The van der Waals surface area contributed by atoms with Gasteiger partial charge < -0.3 is 0 Å². The van der Waals surface area contributed by atoms with Crippen LogP contribution in [0.5, 0.6) is 0 Å². The van der Waals surface area contributed by atoms with Crippen LogP contribution in [0, 0.1) is 0 Å². The lowest BCUT2D eigenvalue weighted by Crippen LogP contribution is -2.27. The molecule has 0 N–H and O–H groups in total. The zero-order valence-electron chi connectivity index (χ0n) is 9.58. The predicted octanol–water partition coefficient (Wildman–Crippen LogP) is 2.50. The standard InChI is InChI=1S/C11H9F3N4O/c12-11(13,14)6-19-18(9-4-2-1-3-5-9)10-16-7-15-8-17-10/h1-5,7-8H,6H2. The molecule has 0 atom stereocenters. The Morgan fingerprint density at radius 2 is 1.68 bits per heavy atom. The molecule has 0 aliphatic rings. The summed E-state index contributed by atoms with van der Waals surface area (Å²) in [7, 11) is 0. The monoisotopic (exact) mass is 270 g/mol. The molecule has 8 heteroatoms. The quantitative estimate of drug-likeness (QED) is 0.799. The lowest BCUT2D eigenvalue weighted by atomic mass is 10.3. The third-order valence-corrected chi connectivity index (χ3v) is 2.01. The fourth-order valence-corrected chi connectivity index (χ4v) is 1.29. The van der Waals surface area contributed by atoms with Crippen LogP contribution in [0.25, 0.3) is 0 Å². The van der Waals surface area contributed by atoms with Crippen LogP contribution in [0.3, 0.4) is 0 Å². The van der Waals surface area contributed by atoms with E-state index in [-0.39, 0.29) is 5.95 Å². The first-order valence-electron chi connectivity index (χ1n) is 5.23. The first kappa shape index (κ1) is 13.2. The molecule has 0 aliphatic carbocycles. The van der Waals surface area contributed by atoms with Gasteiger partial charge in [0.05, 0.1) is 5.69 Å². The number of hydrogen-bond acceptors (Lipinski definition) is 5. The molecule has 0 unspecified atom stereocenters. The Hall–Kier alpha value is -2.22. The second kappa shape index (κ2) is 5.61. The number of halogens is 3. The molecule has 0 saturated carbocycles. The smallest absolute Gasteiger partial charge is 0.256 e. The van der Waals surface area contributed by atoms with Gasteiger partial charge in [-0.15, -0.1) is 0 Å². The highest BCUT2D eigenvalue weighted by Crippen LogP contribution is 2.24. The molecule has 5 nitrogen and oxygen atoms in total. The molecule has 0 radical (unpaired) electrons. The summed E-state index contributed by atoms with van der Waals surface area (Å²) in [6, 6.07) is 8.24. The Morgan fingerprint density at radius 3 is 2.26 bits per heavy atom. The van der Waals surface area contributed by atoms with Crippen molar-refractivity contribution in [3.63, 3.8) is 0 Å². The van der Waals surface area contributed by atoms with E-state index in [0.29, 0.717) is 5.69 Å². The fourth-order valence-electron chi connectivity index (χ4n) is 1.29. The minimum Gasteiger partial charge on any atom is -0.256 e. The maximum absolute atomic E-state index is 12.2. The van der Waals surface area contributed by atoms with E-state index in [4.69, 9.17) is 4.84 Å². The molecule has 19 heavy (non-hydrogen) atoms. The first-order valence-corrected chi connectivity index (χ1v) is 5.23. The highest BCUT2D eigenvalue weighted by atomic mass is 19.4. The molecule has 0 fully saturated rings. The van der Waals surface area contributed by atoms with Gasteiger partial charge in [0.15, 0.2) is 6.61 Å². The fraction of sp³-hybridized carbons (Fsp3) is 0.182. The van der Waals surface area contributed by atoms with Crippen LogP contribution in [0.1, 0.15) is 0 Å². The van der Waals surface area contributed by atoms with Gasteiger partial charge in [-0.05, 0) is 12.1 Å². The average Bonchev–Trinajstić information content (AvgIpc) is 2.40. The predicted molar refractivity (Wildman–Crippen MR) is 60.4 cm³/mol. The van der Waals surface area contributed by atoms with E-state index >= 15 is 0 Å². The van der Waals surface area contributed by atoms with Gasteiger partial charge >= 0.3 is 6.18 Å². The van der Waals surface area contributed by atoms with E-state index < -0.39 is 12.8 Å². The second-order valence-electron chi connectivity index (χ2n) is 3.46. The van der Waals surface area contributed by atoms with Gasteiger partial charge in [0.25, 0.3) is 5.95 Å². The highest BCUT2D eigenvalue weighted by Gasteiger charge is 2.30. The van der Waals surface area contributed by atoms with E-state index in [1.165, 1.54) is 12.7 Å². The Bertz CT molecular complexity index is 467. The SMILES string of the molecule is FC(F)(F)CON(c1ccccc1)c1ncncn1. The zero-order chi connectivity index (χ0) is 13.7. The number of hydrogen-bond donors (Lipinski definition) is 0. The molecular formula is C11H9F3N4O. The van der Waals surface area contributed by atoms with Gasteiger partial charge in [0.1, 0.15) is 12.7 Å². The van der Waals surface area contributed by atoms with Crippen LogP contribution in [0.15, 0.2) is 43.0 Å². The first-order chi connectivity index (χ1) is 9.06. The van der Waals surface area contributed by atoms with Crippen LogP contribution in [-0.4, -0.2) is 27.7 Å². The van der Waals surface area contributed by atoms with Gasteiger partial charge in [-0.2, -0.15) is 28.2 Å². The third kappa shape index (κ3) is 3.88. The van der Waals surface area contributed by atoms with E-state index in [0.717, 1.165) is 5.06 Å². The number of rotatable bonds is 4. The maximum atomic E-state index is 12.2. The molecule has 0 saturated heterocycles.